The lowest BCUT2D eigenvalue weighted by Gasteiger charge is -2.11. The van der Waals surface area contributed by atoms with E-state index in [1.165, 1.54) is 0 Å². The number of carbonyl (C=O) groups excluding carboxylic acids is 1. The number of nitrogens with one attached hydrogen (secondary N) is 2. The largest absolute Gasteiger partial charge is 0.497 e. The number of amides is 1. The zero-order chi connectivity index (χ0) is 18.6. The fraction of sp³-hybridized carbons (Fsp3) is 0.190. The molecule has 0 radical (unpaired) electrons. The Kier molecular flexibility index (Phi) is 4.70. The molecule has 4 rings (SSSR count). The van der Waals surface area contributed by atoms with Crippen LogP contribution in [0.5, 0.6) is 5.75 Å². The van der Waals surface area contributed by atoms with Gasteiger partial charge in [0.1, 0.15) is 17.3 Å². The van der Waals surface area contributed by atoms with E-state index < -0.39 is 0 Å². The minimum absolute atomic E-state index is 0.175. The average Bonchev–Trinajstić information content (AvgIpc) is 3.52. The highest BCUT2D eigenvalue weighted by Crippen LogP contribution is 2.24. The van der Waals surface area contributed by atoms with Gasteiger partial charge in [0.2, 0.25) is 0 Å². The summed E-state index contributed by atoms with van der Waals surface area (Å²) in [6.45, 7) is 0. The fourth-order valence-corrected chi connectivity index (χ4v) is 2.68. The van der Waals surface area contributed by atoms with Crippen molar-refractivity contribution in [2.24, 2.45) is 0 Å². The van der Waals surface area contributed by atoms with Crippen LogP contribution < -0.4 is 15.4 Å². The summed E-state index contributed by atoms with van der Waals surface area (Å²) in [7, 11) is 1.62. The standard InChI is InChI=1S/C21H20N4O2/c1-27-17-9-5-8-16(12-17)22-19-13-18(21(26)23-15-10-11-15)24-20(25-19)14-6-3-2-4-7-14/h2-9,12-13,15H,10-11H2,1H3,(H,23,26)(H,22,24,25). The van der Waals surface area contributed by atoms with E-state index >= 15 is 0 Å². The zero-order valence-electron chi connectivity index (χ0n) is 15.0. The lowest BCUT2D eigenvalue weighted by atomic mass is 10.2. The van der Waals surface area contributed by atoms with Gasteiger partial charge >= 0.3 is 0 Å². The molecule has 0 atom stereocenters. The highest BCUT2D eigenvalue weighted by Gasteiger charge is 2.25. The first-order valence-electron chi connectivity index (χ1n) is 8.88. The number of nitrogens with zero attached hydrogens (tertiary/aromatic N) is 2. The van der Waals surface area contributed by atoms with Crippen molar-refractivity contribution >= 4 is 17.4 Å². The lowest BCUT2D eigenvalue weighted by Crippen LogP contribution is -2.26. The third-order valence-electron chi connectivity index (χ3n) is 4.25. The monoisotopic (exact) mass is 360 g/mol. The molecule has 1 heterocycles. The Hall–Kier alpha value is -3.41. The average molecular weight is 360 g/mol. The maximum Gasteiger partial charge on any atom is 0.270 e. The molecule has 2 aromatic carbocycles. The van der Waals surface area contributed by atoms with Crippen molar-refractivity contribution < 1.29 is 9.53 Å². The Bertz CT molecular complexity index is 955. The molecule has 1 aromatic heterocycles. The van der Waals surface area contributed by atoms with E-state index in [9.17, 15) is 4.79 Å². The maximum absolute atomic E-state index is 12.5. The number of ether oxygens (including phenoxy) is 1. The zero-order valence-corrected chi connectivity index (χ0v) is 15.0. The van der Waals surface area contributed by atoms with Crippen molar-refractivity contribution in [2.75, 3.05) is 12.4 Å². The number of rotatable bonds is 6. The fourth-order valence-electron chi connectivity index (χ4n) is 2.68. The molecule has 2 N–H and O–H groups in total. The van der Waals surface area contributed by atoms with Gasteiger partial charge in [-0.15, -0.1) is 0 Å². The van der Waals surface area contributed by atoms with E-state index in [0.717, 1.165) is 29.8 Å². The third kappa shape index (κ3) is 4.23. The summed E-state index contributed by atoms with van der Waals surface area (Å²) in [5.41, 5.74) is 2.02. The number of methoxy groups -OCH3 is 1. The summed E-state index contributed by atoms with van der Waals surface area (Å²) in [5, 5.41) is 6.22. The molecular formula is C21H20N4O2. The van der Waals surface area contributed by atoms with E-state index in [1.807, 2.05) is 54.6 Å². The van der Waals surface area contributed by atoms with Gasteiger partial charge < -0.3 is 15.4 Å². The molecule has 0 saturated heterocycles. The van der Waals surface area contributed by atoms with Gasteiger partial charge in [-0.2, -0.15) is 0 Å². The molecule has 0 aliphatic heterocycles. The van der Waals surface area contributed by atoms with Gasteiger partial charge in [0.05, 0.1) is 7.11 Å². The Morgan fingerprint density at radius 2 is 1.85 bits per heavy atom. The Morgan fingerprint density at radius 3 is 2.59 bits per heavy atom. The van der Waals surface area contributed by atoms with Crippen LogP contribution in [0.25, 0.3) is 11.4 Å². The number of hydrogen-bond acceptors (Lipinski definition) is 5. The van der Waals surface area contributed by atoms with Crippen LogP contribution in [-0.2, 0) is 0 Å². The minimum atomic E-state index is -0.175. The molecule has 3 aromatic rings. The second-order valence-electron chi connectivity index (χ2n) is 6.43. The summed E-state index contributed by atoms with van der Waals surface area (Å²) in [5.74, 6) is 1.62. The molecule has 1 aliphatic carbocycles. The first-order chi connectivity index (χ1) is 13.2. The Morgan fingerprint density at radius 1 is 1.04 bits per heavy atom. The molecule has 27 heavy (non-hydrogen) atoms. The van der Waals surface area contributed by atoms with Crippen LogP contribution in [0.1, 0.15) is 23.3 Å². The van der Waals surface area contributed by atoms with Crippen LogP contribution in [0.15, 0.2) is 60.7 Å². The smallest absolute Gasteiger partial charge is 0.270 e. The van der Waals surface area contributed by atoms with Gasteiger partial charge in [0.25, 0.3) is 5.91 Å². The summed E-state index contributed by atoms with van der Waals surface area (Å²) in [6, 6.07) is 19.1. The van der Waals surface area contributed by atoms with Gasteiger partial charge in [-0.1, -0.05) is 36.4 Å². The second-order valence-corrected chi connectivity index (χ2v) is 6.43. The van der Waals surface area contributed by atoms with Crippen LogP contribution >= 0.6 is 0 Å². The van der Waals surface area contributed by atoms with E-state index in [0.29, 0.717) is 17.3 Å². The van der Waals surface area contributed by atoms with Gasteiger partial charge in [-0.25, -0.2) is 9.97 Å². The minimum Gasteiger partial charge on any atom is -0.497 e. The summed E-state index contributed by atoms with van der Waals surface area (Å²) in [4.78, 5) is 21.6. The molecule has 136 valence electrons. The molecule has 1 amide bonds. The molecule has 6 nitrogen and oxygen atoms in total. The molecule has 0 spiro atoms. The molecule has 6 heteroatoms. The summed E-state index contributed by atoms with van der Waals surface area (Å²) in [6.07, 6.45) is 2.05. The number of anilines is 2. The van der Waals surface area contributed by atoms with Gasteiger partial charge in [-0.05, 0) is 25.0 Å². The van der Waals surface area contributed by atoms with Gasteiger partial charge in [0, 0.05) is 29.4 Å². The summed E-state index contributed by atoms with van der Waals surface area (Å²) < 4.78 is 5.26. The van der Waals surface area contributed by atoms with Crippen molar-refractivity contribution in [1.82, 2.24) is 15.3 Å². The number of benzene rings is 2. The number of carbonyl (C=O) groups is 1. The maximum atomic E-state index is 12.5. The van der Waals surface area contributed by atoms with Crippen molar-refractivity contribution in [3.05, 3.63) is 66.4 Å². The Labute approximate surface area is 157 Å². The van der Waals surface area contributed by atoms with Gasteiger partial charge in [0.15, 0.2) is 5.82 Å². The molecule has 0 unspecified atom stereocenters. The van der Waals surface area contributed by atoms with Crippen molar-refractivity contribution in [3.8, 4) is 17.1 Å². The normalized spacial score (nSPS) is 13.1. The second kappa shape index (κ2) is 7.45. The van der Waals surface area contributed by atoms with Crippen molar-refractivity contribution in [3.63, 3.8) is 0 Å². The van der Waals surface area contributed by atoms with E-state index in [1.54, 1.807) is 13.2 Å². The summed E-state index contributed by atoms with van der Waals surface area (Å²) >= 11 is 0. The van der Waals surface area contributed by atoms with E-state index in [-0.39, 0.29) is 11.9 Å². The molecular weight excluding hydrogens is 340 g/mol. The van der Waals surface area contributed by atoms with Crippen LogP contribution in [0.3, 0.4) is 0 Å². The highest BCUT2D eigenvalue weighted by molar-refractivity contribution is 5.94. The molecule has 1 fully saturated rings. The van der Waals surface area contributed by atoms with Crippen LogP contribution in [0.2, 0.25) is 0 Å². The first kappa shape index (κ1) is 17.0. The van der Waals surface area contributed by atoms with Gasteiger partial charge in [-0.3, -0.25) is 4.79 Å². The van der Waals surface area contributed by atoms with E-state index in [2.05, 4.69) is 20.6 Å². The predicted octanol–water partition coefficient (Wildman–Crippen LogP) is 3.79. The lowest BCUT2D eigenvalue weighted by molar-refractivity contribution is 0.0946. The number of aromatic nitrogens is 2. The number of hydrogen-bond donors (Lipinski definition) is 2. The van der Waals surface area contributed by atoms with Crippen LogP contribution in [0, 0.1) is 0 Å². The van der Waals surface area contributed by atoms with E-state index in [4.69, 9.17) is 4.74 Å². The molecule has 0 bridgehead atoms. The van der Waals surface area contributed by atoms with Crippen LogP contribution in [-0.4, -0.2) is 29.0 Å². The SMILES string of the molecule is COc1cccc(Nc2cc(C(=O)NC3CC3)nc(-c3ccccc3)n2)c1. The van der Waals surface area contributed by atoms with Crippen LogP contribution in [0.4, 0.5) is 11.5 Å². The highest BCUT2D eigenvalue weighted by atomic mass is 16.5. The third-order valence-corrected chi connectivity index (χ3v) is 4.25. The topological polar surface area (TPSA) is 76.1 Å². The predicted molar refractivity (Wildman–Crippen MR) is 104 cm³/mol. The molecule has 1 aliphatic rings. The molecule has 1 saturated carbocycles. The Balaban J connectivity index is 1.69. The first-order valence-corrected chi connectivity index (χ1v) is 8.88. The quantitative estimate of drug-likeness (QED) is 0.699. The van der Waals surface area contributed by atoms with Crippen molar-refractivity contribution in [1.29, 1.82) is 0 Å². The van der Waals surface area contributed by atoms with Crippen molar-refractivity contribution in [2.45, 2.75) is 18.9 Å².